The smallest absolute Gasteiger partial charge is 0.229 e. The minimum absolute atomic E-state index is 0.00423. The van der Waals surface area contributed by atoms with E-state index in [4.69, 9.17) is 5.73 Å². The molecule has 27 heavy (non-hydrogen) atoms. The largest absolute Gasteiger partial charge is 0.328 e. The van der Waals surface area contributed by atoms with Crippen molar-refractivity contribution in [3.8, 4) is 0 Å². The predicted molar refractivity (Wildman–Crippen MR) is 110 cm³/mol. The van der Waals surface area contributed by atoms with Crippen LogP contribution in [0.4, 0.5) is 11.4 Å². The van der Waals surface area contributed by atoms with Crippen molar-refractivity contribution < 1.29 is 16.8 Å². The van der Waals surface area contributed by atoms with Crippen LogP contribution in [0.3, 0.4) is 0 Å². The molecule has 2 rings (SSSR count). The van der Waals surface area contributed by atoms with Gasteiger partial charge in [-0.15, -0.1) is 0 Å². The van der Waals surface area contributed by atoms with Gasteiger partial charge < -0.3 is 5.73 Å². The van der Waals surface area contributed by atoms with E-state index in [9.17, 15) is 16.8 Å². The van der Waals surface area contributed by atoms with E-state index >= 15 is 0 Å². The Hall–Kier alpha value is -2.10. The Bertz CT molecular complexity index is 891. The van der Waals surface area contributed by atoms with Crippen molar-refractivity contribution in [3.05, 3.63) is 59.7 Å². The second kappa shape index (κ2) is 8.28. The van der Waals surface area contributed by atoms with Crippen LogP contribution in [0.25, 0.3) is 0 Å². The topological polar surface area (TPSA) is 118 Å². The summed E-state index contributed by atoms with van der Waals surface area (Å²) in [4.78, 5) is 0. The summed E-state index contributed by atoms with van der Waals surface area (Å²) in [6.07, 6.45) is 2.90. The molecule has 0 saturated carbocycles. The molecule has 2 aromatic carbocycles. The summed E-state index contributed by atoms with van der Waals surface area (Å²) in [7, 11) is -6.65. The third-order valence-electron chi connectivity index (χ3n) is 3.84. The Balaban J connectivity index is 2.29. The molecule has 4 N–H and O–H groups in total. The van der Waals surface area contributed by atoms with Crippen molar-refractivity contribution in [3.63, 3.8) is 0 Å². The second-order valence-electron chi connectivity index (χ2n) is 6.76. The lowest BCUT2D eigenvalue weighted by molar-refractivity contribution is 0.605. The SMILES string of the molecule is CC(N)CC(c1ccc(NS(C)(=O)=O)cc1)c1ccc(NS(C)(=O)=O)cc1. The van der Waals surface area contributed by atoms with E-state index in [1.54, 1.807) is 24.3 Å². The van der Waals surface area contributed by atoms with Gasteiger partial charge in [0.05, 0.1) is 12.5 Å². The number of hydrogen-bond acceptors (Lipinski definition) is 5. The van der Waals surface area contributed by atoms with Gasteiger partial charge in [-0.25, -0.2) is 16.8 Å². The molecule has 1 unspecified atom stereocenters. The first kappa shape index (κ1) is 21.2. The number of sulfonamides is 2. The maximum Gasteiger partial charge on any atom is 0.229 e. The van der Waals surface area contributed by atoms with Crippen molar-refractivity contribution in [2.24, 2.45) is 5.73 Å². The highest BCUT2D eigenvalue weighted by atomic mass is 32.2. The zero-order valence-corrected chi connectivity index (χ0v) is 17.1. The number of rotatable bonds is 8. The van der Waals surface area contributed by atoms with Gasteiger partial charge in [0.1, 0.15) is 0 Å². The molecule has 0 saturated heterocycles. The highest BCUT2D eigenvalue weighted by molar-refractivity contribution is 7.92. The van der Waals surface area contributed by atoms with Crippen LogP contribution in [-0.4, -0.2) is 35.4 Å². The van der Waals surface area contributed by atoms with Crippen LogP contribution in [0, 0.1) is 0 Å². The van der Waals surface area contributed by atoms with Crippen molar-refractivity contribution in [1.29, 1.82) is 0 Å². The Morgan fingerprint density at radius 1 is 0.778 bits per heavy atom. The highest BCUT2D eigenvalue weighted by Gasteiger charge is 2.17. The first-order valence-electron chi connectivity index (χ1n) is 8.34. The lowest BCUT2D eigenvalue weighted by Crippen LogP contribution is -2.19. The van der Waals surface area contributed by atoms with Crippen molar-refractivity contribution >= 4 is 31.4 Å². The Morgan fingerprint density at radius 2 is 1.11 bits per heavy atom. The van der Waals surface area contributed by atoms with Gasteiger partial charge in [0.15, 0.2) is 0 Å². The number of nitrogens with one attached hydrogen (secondary N) is 2. The van der Waals surface area contributed by atoms with E-state index < -0.39 is 20.0 Å². The molecular weight excluding hydrogens is 386 g/mol. The average Bonchev–Trinajstić information content (AvgIpc) is 2.51. The summed E-state index contributed by atoms with van der Waals surface area (Å²) < 4.78 is 50.2. The fourth-order valence-corrected chi connectivity index (χ4v) is 3.96. The third kappa shape index (κ3) is 7.20. The number of benzene rings is 2. The van der Waals surface area contributed by atoms with Gasteiger partial charge in [-0.3, -0.25) is 9.44 Å². The van der Waals surface area contributed by atoms with Crippen LogP contribution >= 0.6 is 0 Å². The monoisotopic (exact) mass is 411 g/mol. The Labute approximate surface area is 161 Å². The molecule has 0 heterocycles. The summed E-state index contributed by atoms with van der Waals surface area (Å²) in [5.74, 6) is 0.00423. The molecule has 0 bridgehead atoms. The summed E-state index contributed by atoms with van der Waals surface area (Å²) in [5, 5.41) is 0. The van der Waals surface area contributed by atoms with E-state index in [2.05, 4.69) is 9.44 Å². The molecule has 0 aliphatic rings. The van der Waals surface area contributed by atoms with Gasteiger partial charge in [0.2, 0.25) is 20.0 Å². The molecule has 0 radical (unpaired) electrons. The Kier molecular flexibility index (Phi) is 6.50. The van der Waals surface area contributed by atoms with Gasteiger partial charge in [-0.1, -0.05) is 24.3 Å². The van der Waals surface area contributed by atoms with Gasteiger partial charge >= 0.3 is 0 Å². The minimum atomic E-state index is -3.33. The fourth-order valence-electron chi connectivity index (χ4n) is 2.83. The molecule has 2 aromatic rings. The van der Waals surface area contributed by atoms with Crippen LogP contribution in [-0.2, 0) is 20.0 Å². The van der Waals surface area contributed by atoms with Crippen LogP contribution in [0.15, 0.2) is 48.5 Å². The first-order chi connectivity index (χ1) is 12.4. The number of anilines is 2. The molecule has 0 aliphatic carbocycles. The van der Waals surface area contributed by atoms with Gasteiger partial charge in [-0.05, 0) is 48.7 Å². The molecule has 0 aromatic heterocycles. The third-order valence-corrected chi connectivity index (χ3v) is 5.05. The summed E-state index contributed by atoms with van der Waals surface area (Å²) in [6, 6.07) is 14.3. The molecule has 0 aliphatic heterocycles. The molecule has 7 nitrogen and oxygen atoms in total. The quantitative estimate of drug-likeness (QED) is 0.616. The van der Waals surface area contributed by atoms with Crippen molar-refractivity contribution in [2.45, 2.75) is 25.3 Å². The molecule has 9 heteroatoms. The Morgan fingerprint density at radius 3 is 1.37 bits per heavy atom. The van der Waals surface area contributed by atoms with Crippen LogP contribution < -0.4 is 15.2 Å². The van der Waals surface area contributed by atoms with E-state index in [-0.39, 0.29) is 12.0 Å². The van der Waals surface area contributed by atoms with E-state index in [1.165, 1.54) is 0 Å². The maximum absolute atomic E-state index is 11.3. The van der Waals surface area contributed by atoms with Crippen molar-refractivity contribution in [2.75, 3.05) is 22.0 Å². The lowest BCUT2D eigenvalue weighted by Gasteiger charge is -2.21. The summed E-state index contributed by atoms with van der Waals surface area (Å²) in [6.45, 7) is 1.92. The fraction of sp³-hybridized carbons (Fsp3) is 0.333. The summed E-state index contributed by atoms with van der Waals surface area (Å²) in [5.41, 5.74) is 8.99. The normalized spacial score (nSPS) is 13.4. The maximum atomic E-state index is 11.3. The van der Waals surface area contributed by atoms with Crippen molar-refractivity contribution in [1.82, 2.24) is 0 Å². The second-order valence-corrected chi connectivity index (χ2v) is 10.3. The van der Waals surface area contributed by atoms with Crippen LogP contribution in [0.2, 0.25) is 0 Å². The molecule has 148 valence electrons. The highest BCUT2D eigenvalue weighted by Crippen LogP contribution is 2.31. The van der Waals surface area contributed by atoms with E-state index in [1.807, 2.05) is 31.2 Å². The van der Waals surface area contributed by atoms with E-state index in [0.717, 1.165) is 23.6 Å². The van der Waals surface area contributed by atoms with Crippen LogP contribution in [0.1, 0.15) is 30.4 Å². The van der Waals surface area contributed by atoms with Crippen LogP contribution in [0.5, 0.6) is 0 Å². The molecular formula is C18H25N3O4S2. The average molecular weight is 412 g/mol. The number of nitrogens with two attached hydrogens (primary N) is 1. The minimum Gasteiger partial charge on any atom is -0.328 e. The van der Waals surface area contributed by atoms with Gasteiger partial charge in [-0.2, -0.15) is 0 Å². The lowest BCUT2D eigenvalue weighted by atomic mass is 9.86. The molecule has 0 spiro atoms. The molecule has 0 fully saturated rings. The number of hydrogen-bond donors (Lipinski definition) is 3. The van der Waals surface area contributed by atoms with Gasteiger partial charge in [0.25, 0.3) is 0 Å². The zero-order valence-electron chi connectivity index (χ0n) is 15.5. The molecule has 1 atom stereocenters. The van der Waals surface area contributed by atoms with Gasteiger partial charge in [0, 0.05) is 23.3 Å². The predicted octanol–water partition coefficient (Wildman–Crippen LogP) is 2.30. The first-order valence-corrected chi connectivity index (χ1v) is 12.1. The standard InChI is InChI=1S/C18H25N3O4S2/c1-13(19)12-18(14-4-8-16(9-5-14)20-26(2,22)23)15-6-10-17(11-7-15)21-27(3,24)25/h4-11,13,18,20-21H,12,19H2,1-3H3. The molecule has 0 amide bonds. The van der Waals surface area contributed by atoms with E-state index in [0.29, 0.717) is 17.8 Å². The zero-order chi connectivity index (χ0) is 20.2. The summed E-state index contributed by atoms with van der Waals surface area (Å²) >= 11 is 0.